The van der Waals surface area contributed by atoms with Crippen molar-refractivity contribution in [3.63, 3.8) is 0 Å². The molecule has 200 valence electrons. The first-order valence-electron chi connectivity index (χ1n) is 12.2. The van der Waals surface area contributed by atoms with Crippen molar-refractivity contribution >= 4 is 39.0 Å². The molecule has 0 aliphatic heterocycles. The maximum Gasteiger partial charge on any atom is 0.243 e. The number of carbonyl (C=O) groups excluding carboxylic acids is 2. The number of nitrogens with zero attached hydrogens (tertiary/aromatic N) is 1. The van der Waals surface area contributed by atoms with Gasteiger partial charge in [-0.1, -0.05) is 72.3 Å². The number of ether oxygens (including phenoxy) is 1. The van der Waals surface area contributed by atoms with Gasteiger partial charge < -0.3 is 10.1 Å². The van der Waals surface area contributed by atoms with Crippen LogP contribution in [0.2, 0.25) is 5.02 Å². The zero-order chi connectivity index (χ0) is 27.8. The van der Waals surface area contributed by atoms with Crippen molar-refractivity contribution in [3.8, 4) is 5.75 Å². The van der Waals surface area contributed by atoms with Gasteiger partial charge in [0.15, 0.2) is 5.78 Å². The molecule has 1 N–H and O–H groups in total. The van der Waals surface area contributed by atoms with E-state index < -0.39 is 22.5 Å². The Morgan fingerprint density at radius 1 is 0.872 bits per heavy atom. The first-order chi connectivity index (χ1) is 18.8. The van der Waals surface area contributed by atoms with Gasteiger partial charge in [0.2, 0.25) is 15.9 Å². The van der Waals surface area contributed by atoms with Gasteiger partial charge in [0, 0.05) is 22.7 Å². The number of anilines is 1. The quantitative estimate of drug-likeness (QED) is 0.233. The minimum atomic E-state index is -4.07. The summed E-state index contributed by atoms with van der Waals surface area (Å²) in [5.74, 6) is -0.386. The molecule has 0 aliphatic carbocycles. The van der Waals surface area contributed by atoms with Gasteiger partial charge in [0.05, 0.1) is 23.7 Å². The molecule has 0 unspecified atom stereocenters. The summed E-state index contributed by atoms with van der Waals surface area (Å²) in [7, 11) is -4.07. The van der Waals surface area contributed by atoms with Gasteiger partial charge in [-0.15, -0.1) is 0 Å². The van der Waals surface area contributed by atoms with Gasteiger partial charge in [-0.05, 0) is 55.0 Å². The number of nitrogens with one attached hydrogen (secondary N) is 1. The molecule has 4 aromatic carbocycles. The molecule has 0 aliphatic rings. The van der Waals surface area contributed by atoms with Crippen molar-refractivity contribution in [2.75, 3.05) is 18.5 Å². The van der Waals surface area contributed by atoms with E-state index in [1.54, 1.807) is 72.8 Å². The van der Waals surface area contributed by atoms with Crippen molar-refractivity contribution in [1.29, 1.82) is 0 Å². The molecule has 7 nitrogen and oxygen atoms in total. The van der Waals surface area contributed by atoms with Crippen molar-refractivity contribution in [2.45, 2.75) is 18.4 Å². The highest BCUT2D eigenvalue weighted by Gasteiger charge is 2.28. The van der Waals surface area contributed by atoms with E-state index in [0.29, 0.717) is 28.5 Å². The summed E-state index contributed by atoms with van der Waals surface area (Å²) in [6, 6.07) is 28.2. The van der Waals surface area contributed by atoms with E-state index in [1.165, 1.54) is 24.3 Å². The highest BCUT2D eigenvalue weighted by molar-refractivity contribution is 7.89. The van der Waals surface area contributed by atoms with Crippen molar-refractivity contribution < 1.29 is 22.7 Å². The highest BCUT2D eigenvalue weighted by atomic mass is 35.5. The zero-order valence-electron chi connectivity index (χ0n) is 21.2. The maximum atomic E-state index is 13.6. The molecule has 0 saturated carbocycles. The summed E-state index contributed by atoms with van der Waals surface area (Å²) in [6.07, 6.45) is 0. The Hall–Kier alpha value is -3.98. The van der Waals surface area contributed by atoms with Crippen LogP contribution in [0, 0.1) is 0 Å². The largest absolute Gasteiger partial charge is 0.494 e. The van der Waals surface area contributed by atoms with Crippen molar-refractivity contribution in [1.82, 2.24) is 4.31 Å². The van der Waals surface area contributed by atoms with Crippen LogP contribution in [0.25, 0.3) is 0 Å². The Morgan fingerprint density at radius 3 is 2.15 bits per heavy atom. The van der Waals surface area contributed by atoms with Crippen LogP contribution in [0.5, 0.6) is 5.75 Å². The number of benzene rings is 4. The summed E-state index contributed by atoms with van der Waals surface area (Å²) >= 11 is 6.16. The number of amides is 1. The van der Waals surface area contributed by atoms with E-state index >= 15 is 0 Å². The second-order valence-corrected chi connectivity index (χ2v) is 11.0. The predicted octanol–water partition coefficient (Wildman–Crippen LogP) is 5.80. The fraction of sp³-hybridized carbons (Fsp3) is 0.133. The van der Waals surface area contributed by atoms with Crippen LogP contribution >= 0.6 is 11.6 Å². The second-order valence-electron chi connectivity index (χ2n) is 8.60. The fourth-order valence-electron chi connectivity index (χ4n) is 3.94. The minimum absolute atomic E-state index is 0.0276. The Balaban J connectivity index is 1.61. The molecule has 0 radical (unpaired) electrons. The van der Waals surface area contributed by atoms with Gasteiger partial charge in [-0.2, -0.15) is 4.31 Å². The van der Waals surface area contributed by atoms with Crippen LogP contribution in [0.3, 0.4) is 0 Å². The van der Waals surface area contributed by atoms with Gasteiger partial charge in [0.1, 0.15) is 5.75 Å². The van der Waals surface area contributed by atoms with Crippen LogP contribution in [0.4, 0.5) is 5.69 Å². The number of halogens is 1. The average Bonchev–Trinajstić information content (AvgIpc) is 2.95. The van der Waals surface area contributed by atoms with E-state index in [4.69, 9.17) is 16.3 Å². The molecular weight excluding hydrogens is 536 g/mol. The second kappa shape index (κ2) is 12.7. The van der Waals surface area contributed by atoms with E-state index in [0.717, 1.165) is 4.31 Å². The lowest BCUT2D eigenvalue weighted by Crippen LogP contribution is -2.37. The van der Waals surface area contributed by atoms with Gasteiger partial charge in [-0.3, -0.25) is 9.59 Å². The molecule has 39 heavy (non-hydrogen) atoms. The Bertz CT molecular complexity index is 1540. The standard InChI is InChI=1S/C30H27ClN2O5S/c1-2-38-25-14-16-26(17-15-25)39(36,37)33(20-22-9-5-3-6-10-22)21-29(34)32-28-18-13-24(31)19-27(28)30(35)23-11-7-4-8-12-23/h3-19H,2,20-21H2,1H3,(H,32,34). The number of hydrogen-bond acceptors (Lipinski definition) is 5. The summed E-state index contributed by atoms with van der Waals surface area (Å²) < 4.78 is 33.8. The topological polar surface area (TPSA) is 92.8 Å². The van der Waals surface area contributed by atoms with Crippen molar-refractivity contribution in [3.05, 3.63) is 125 Å². The highest BCUT2D eigenvalue weighted by Crippen LogP contribution is 2.25. The molecule has 0 fully saturated rings. The summed E-state index contributed by atoms with van der Waals surface area (Å²) in [6.45, 7) is 1.78. The molecule has 0 heterocycles. The number of rotatable bonds is 11. The minimum Gasteiger partial charge on any atom is -0.494 e. The third kappa shape index (κ3) is 7.11. The van der Waals surface area contributed by atoms with E-state index in [1.807, 2.05) is 13.0 Å². The number of sulfonamides is 1. The molecule has 4 aromatic rings. The van der Waals surface area contributed by atoms with E-state index in [2.05, 4.69) is 5.32 Å². The molecule has 0 atom stereocenters. The van der Waals surface area contributed by atoms with Gasteiger partial charge in [-0.25, -0.2) is 8.42 Å². The van der Waals surface area contributed by atoms with Crippen molar-refractivity contribution in [2.24, 2.45) is 0 Å². The van der Waals surface area contributed by atoms with Crippen LogP contribution in [-0.2, 0) is 21.4 Å². The molecule has 9 heteroatoms. The predicted molar refractivity (Wildman–Crippen MR) is 152 cm³/mol. The van der Waals surface area contributed by atoms with Gasteiger partial charge >= 0.3 is 0 Å². The summed E-state index contributed by atoms with van der Waals surface area (Å²) in [5, 5.41) is 3.04. The number of carbonyl (C=O) groups is 2. The average molecular weight is 563 g/mol. The lowest BCUT2D eigenvalue weighted by Gasteiger charge is -2.22. The van der Waals surface area contributed by atoms with Gasteiger partial charge in [0.25, 0.3) is 0 Å². The maximum absolute atomic E-state index is 13.6. The van der Waals surface area contributed by atoms with E-state index in [-0.39, 0.29) is 28.5 Å². The third-order valence-corrected chi connectivity index (χ3v) is 7.87. The molecule has 1 amide bonds. The van der Waals surface area contributed by atoms with E-state index in [9.17, 15) is 18.0 Å². The van der Waals surface area contributed by atoms with Crippen LogP contribution in [0.1, 0.15) is 28.4 Å². The molecule has 0 spiro atoms. The monoisotopic (exact) mass is 562 g/mol. The molecule has 4 rings (SSSR count). The lowest BCUT2D eigenvalue weighted by atomic mass is 10.0. The fourth-order valence-corrected chi connectivity index (χ4v) is 5.50. The molecule has 0 bridgehead atoms. The first-order valence-corrected chi connectivity index (χ1v) is 14.1. The Kier molecular flexibility index (Phi) is 9.14. The Morgan fingerprint density at radius 2 is 1.51 bits per heavy atom. The molecule has 0 aromatic heterocycles. The smallest absolute Gasteiger partial charge is 0.243 e. The lowest BCUT2D eigenvalue weighted by molar-refractivity contribution is -0.116. The zero-order valence-corrected chi connectivity index (χ0v) is 22.8. The SMILES string of the molecule is CCOc1ccc(S(=O)(=O)N(CC(=O)Nc2ccc(Cl)cc2C(=O)c2ccccc2)Cc2ccccc2)cc1. The number of ketones is 1. The molecular formula is C30H27ClN2O5S. The first kappa shape index (κ1) is 28.0. The third-order valence-electron chi connectivity index (χ3n) is 5.83. The normalized spacial score (nSPS) is 11.3. The van der Waals surface area contributed by atoms with Crippen LogP contribution in [0.15, 0.2) is 108 Å². The Labute approximate surface area is 233 Å². The molecule has 0 saturated heterocycles. The van der Waals surface area contributed by atoms with Crippen LogP contribution < -0.4 is 10.1 Å². The number of hydrogen-bond donors (Lipinski definition) is 1. The summed E-state index contributed by atoms with van der Waals surface area (Å²) in [5.41, 5.74) is 1.58. The summed E-state index contributed by atoms with van der Waals surface area (Å²) in [4.78, 5) is 26.4. The van der Waals surface area contributed by atoms with Crippen LogP contribution in [-0.4, -0.2) is 37.6 Å².